The topological polar surface area (TPSA) is 43.4 Å². The monoisotopic (exact) mass is 238 g/mol. The summed E-state index contributed by atoms with van der Waals surface area (Å²) in [7, 11) is 0. The molecule has 3 heteroatoms. The fourth-order valence-corrected chi connectivity index (χ4v) is 2.41. The van der Waals surface area contributed by atoms with Crippen molar-refractivity contribution in [1.82, 2.24) is 0 Å². The van der Waals surface area contributed by atoms with Crippen LogP contribution in [-0.4, -0.2) is 18.4 Å². The van der Waals surface area contributed by atoms with Gasteiger partial charge in [-0.1, -0.05) is 19.1 Å². The number of rotatable bonds is 6. The number of allylic oxidation sites excluding steroid dienone is 2. The average Bonchev–Trinajstić information content (AvgIpc) is 2.61. The molecule has 0 radical (unpaired) electrons. The highest BCUT2D eigenvalue weighted by atomic mass is 16.5. The Bertz CT molecular complexity index is 294. The van der Waals surface area contributed by atoms with Crippen LogP contribution in [0, 0.1) is 11.8 Å². The summed E-state index contributed by atoms with van der Waals surface area (Å²) in [5.41, 5.74) is 0. The highest BCUT2D eigenvalue weighted by Crippen LogP contribution is 2.34. The van der Waals surface area contributed by atoms with Gasteiger partial charge in [0, 0.05) is 19.3 Å². The van der Waals surface area contributed by atoms with Crippen molar-refractivity contribution in [3.8, 4) is 0 Å². The number of Topliss-reactive ketones (excluding diaryl/α,β-unsaturated/α-hetero) is 1. The minimum atomic E-state index is -0.239. The first kappa shape index (κ1) is 13.9. The predicted octanol–water partition coefficient (Wildman–Crippen LogP) is 2.89. The van der Waals surface area contributed by atoms with Gasteiger partial charge in [0.15, 0.2) is 0 Å². The number of hydrogen-bond acceptors (Lipinski definition) is 3. The fourth-order valence-electron chi connectivity index (χ4n) is 2.41. The van der Waals surface area contributed by atoms with E-state index < -0.39 is 0 Å². The molecular formula is C14H22O3. The van der Waals surface area contributed by atoms with Crippen molar-refractivity contribution < 1.29 is 14.3 Å². The summed E-state index contributed by atoms with van der Waals surface area (Å²) in [5.74, 6) is 0.673. The second-order valence-electron chi connectivity index (χ2n) is 4.62. The Kier molecular flexibility index (Phi) is 5.95. The average molecular weight is 238 g/mol. The molecule has 1 aliphatic carbocycles. The lowest BCUT2D eigenvalue weighted by molar-refractivity contribution is -0.141. The van der Waals surface area contributed by atoms with Gasteiger partial charge in [0.1, 0.15) is 5.78 Å². The fraction of sp³-hybridized carbons (Fsp3) is 0.714. The van der Waals surface area contributed by atoms with Gasteiger partial charge in [-0.3, -0.25) is 9.59 Å². The Balaban J connectivity index is 2.38. The van der Waals surface area contributed by atoms with E-state index in [1.165, 1.54) is 6.92 Å². The molecule has 0 spiro atoms. The summed E-state index contributed by atoms with van der Waals surface area (Å²) < 4.78 is 4.94. The van der Waals surface area contributed by atoms with E-state index in [9.17, 15) is 9.59 Å². The second-order valence-corrected chi connectivity index (χ2v) is 4.62. The lowest BCUT2D eigenvalue weighted by atomic mass is 9.90. The first-order valence-electron chi connectivity index (χ1n) is 6.46. The van der Waals surface area contributed by atoms with Crippen molar-refractivity contribution in [2.45, 2.75) is 46.0 Å². The molecule has 0 bridgehead atoms. The zero-order valence-corrected chi connectivity index (χ0v) is 10.8. The highest BCUT2D eigenvalue weighted by Gasteiger charge is 2.33. The van der Waals surface area contributed by atoms with Gasteiger partial charge in [-0.25, -0.2) is 0 Å². The van der Waals surface area contributed by atoms with Crippen LogP contribution < -0.4 is 0 Å². The molecule has 2 atom stereocenters. The van der Waals surface area contributed by atoms with Gasteiger partial charge in [0.2, 0.25) is 0 Å². The van der Waals surface area contributed by atoms with E-state index in [2.05, 4.69) is 19.1 Å². The van der Waals surface area contributed by atoms with Gasteiger partial charge in [-0.05, 0) is 31.6 Å². The first-order valence-corrected chi connectivity index (χ1v) is 6.46. The number of ketones is 1. The summed E-state index contributed by atoms with van der Waals surface area (Å²) in [6.45, 7) is 3.95. The van der Waals surface area contributed by atoms with Crippen molar-refractivity contribution in [2.75, 3.05) is 6.61 Å². The molecule has 0 aliphatic heterocycles. The maximum Gasteiger partial charge on any atom is 0.302 e. The zero-order chi connectivity index (χ0) is 12.7. The van der Waals surface area contributed by atoms with Crippen molar-refractivity contribution >= 4 is 11.8 Å². The zero-order valence-electron chi connectivity index (χ0n) is 10.8. The molecule has 96 valence electrons. The SMILES string of the molecule is CCC=CCC1C(=O)CCC1CCOC(C)=O. The third-order valence-corrected chi connectivity index (χ3v) is 3.33. The van der Waals surface area contributed by atoms with E-state index in [0.29, 0.717) is 24.7 Å². The normalized spacial score (nSPS) is 24.5. The third kappa shape index (κ3) is 4.72. The molecule has 3 nitrogen and oxygen atoms in total. The predicted molar refractivity (Wildman–Crippen MR) is 66.5 cm³/mol. The van der Waals surface area contributed by atoms with E-state index in [0.717, 1.165) is 25.7 Å². The maximum atomic E-state index is 11.7. The number of esters is 1. The quantitative estimate of drug-likeness (QED) is 0.528. The minimum absolute atomic E-state index is 0.147. The molecule has 1 aliphatic rings. The van der Waals surface area contributed by atoms with Crippen LogP contribution in [-0.2, 0) is 14.3 Å². The van der Waals surface area contributed by atoms with E-state index in [1.54, 1.807) is 0 Å². The van der Waals surface area contributed by atoms with Gasteiger partial charge in [-0.2, -0.15) is 0 Å². The second kappa shape index (κ2) is 7.25. The van der Waals surface area contributed by atoms with Gasteiger partial charge >= 0.3 is 5.97 Å². The molecular weight excluding hydrogens is 216 g/mol. The summed E-state index contributed by atoms with van der Waals surface area (Å²) in [6, 6.07) is 0. The van der Waals surface area contributed by atoms with Crippen molar-refractivity contribution in [2.24, 2.45) is 11.8 Å². The largest absolute Gasteiger partial charge is 0.466 e. The smallest absolute Gasteiger partial charge is 0.302 e. The van der Waals surface area contributed by atoms with E-state index in [-0.39, 0.29) is 11.9 Å². The van der Waals surface area contributed by atoms with Crippen molar-refractivity contribution in [3.05, 3.63) is 12.2 Å². The van der Waals surface area contributed by atoms with Crippen LogP contribution in [0.4, 0.5) is 0 Å². The Hall–Kier alpha value is -1.12. The van der Waals surface area contributed by atoms with E-state index >= 15 is 0 Å². The Labute approximate surface area is 103 Å². The molecule has 0 heterocycles. The summed E-state index contributed by atoms with van der Waals surface area (Å²) in [6.07, 6.45) is 8.52. The molecule has 17 heavy (non-hydrogen) atoms. The van der Waals surface area contributed by atoms with Gasteiger partial charge in [0.05, 0.1) is 6.61 Å². The van der Waals surface area contributed by atoms with Gasteiger partial charge in [-0.15, -0.1) is 0 Å². The molecule has 1 fully saturated rings. The Morgan fingerprint density at radius 2 is 2.24 bits per heavy atom. The molecule has 0 saturated heterocycles. The molecule has 0 N–H and O–H groups in total. The first-order chi connectivity index (χ1) is 8.15. The molecule has 0 amide bonds. The summed E-state index contributed by atoms with van der Waals surface area (Å²) in [5, 5.41) is 0. The van der Waals surface area contributed by atoms with Crippen LogP contribution in [0.3, 0.4) is 0 Å². The van der Waals surface area contributed by atoms with Crippen LogP contribution in [0.5, 0.6) is 0 Å². The van der Waals surface area contributed by atoms with Gasteiger partial charge in [0.25, 0.3) is 0 Å². The van der Waals surface area contributed by atoms with Crippen LogP contribution in [0.25, 0.3) is 0 Å². The Morgan fingerprint density at radius 1 is 1.47 bits per heavy atom. The van der Waals surface area contributed by atoms with E-state index in [1.807, 2.05) is 0 Å². The highest BCUT2D eigenvalue weighted by molar-refractivity contribution is 5.83. The number of hydrogen-bond donors (Lipinski definition) is 0. The van der Waals surface area contributed by atoms with Crippen LogP contribution in [0.15, 0.2) is 12.2 Å². The molecule has 0 aromatic rings. The van der Waals surface area contributed by atoms with E-state index in [4.69, 9.17) is 4.74 Å². The molecule has 2 unspecified atom stereocenters. The van der Waals surface area contributed by atoms with Crippen molar-refractivity contribution in [1.29, 1.82) is 0 Å². The van der Waals surface area contributed by atoms with Crippen LogP contribution in [0.2, 0.25) is 0 Å². The molecule has 0 aromatic carbocycles. The number of ether oxygens (including phenoxy) is 1. The molecule has 0 aromatic heterocycles. The summed E-state index contributed by atoms with van der Waals surface area (Å²) >= 11 is 0. The molecule has 1 saturated carbocycles. The number of carbonyl (C=O) groups excluding carboxylic acids is 2. The lowest BCUT2D eigenvalue weighted by Gasteiger charge is -2.16. The standard InChI is InChI=1S/C14H22O3/c1-3-4-5-6-13-12(7-8-14(13)16)9-10-17-11(2)15/h4-5,12-13H,3,6-10H2,1-2H3. The minimum Gasteiger partial charge on any atom is -0.466 e. The summed E-state index contributed by atoms with van der Waals surface area (Å²) in [4.78, 5) is 22.4. The Morgan fingerprint density at radius 3 is 2.88 bits per heavy atom. The van der Waals surface area contributed by atoms with Crippen LogP contribution in [0.1, 0.15) is 46.0 Å². The third-order valence-electron chi connectivity index (χ3n) is 3.33. The number of carbonyl (C=O) groups is 2. The maximum absolute atomic E-state index is 11.7. The van der Waals surface area contributed by atoms with Crippen molar-refractivity contribution in [3.63, 3.8) is 0 Å². The van der Waals surface area contributed by atoms with Crippen LogP contribution >= 0.6 is 0 Å². The van der Waals surface area contributed by atoms with Gasteiger partial charge < -0.3 is 4.74 Å². The molecule has 1 rings (SSSR count). The lowest BCUT2D eigenvalue weighted by Crippen LogP contribution is -2.16.